The minimum Gasteiger partial charge on any atom is -0.464 e. The van der Waals surface area contributed by atoms with Crippen molar-refractivity contribution >= 4 is 17.4 Å². The van der Waals surface area contributed by atoms with Gasteiger partial charge in [-0.2, -0.15) is 0 Å². The summed E-state index contributed by atoms with van der Waals surface area (Å²) < 4.78 is 4.24. The highest BCUT2D eigenvalue weighted by Crippen LogP contribution is 1.90. The van der Waals surface area contributed by atoms with Gasteiger partial charge in [-0.3, -0.25) is 5.41 Å². The van der Waals surface area contributed by atoms with Crippen LogP contribution >= 0.6 is 0 Å². The Hall–Kier alpha value is -1.39. The highest BCUT2D eigenvalue weighted by molar-refractivity contribution is 6.64. The van der Waals surface area contributed by atoms with Gasteiger partial charge in [0.05, 0.1) is 7.11 Å². The third kappa shape index (κ3) is 2.37. The number of esters is 1. The van der Waals surface area contributed by atoms with E-state index in [1.165, 1.54) is 7.11 Å². The van der Waals surface area contributed by atoms with Gasteiger partial charge in [-0.1, -0.05) is 12.1 Å². The predicted molar refractivity (Wildman–Crippen MR) is 39.3 cm³/mol. The van der Waals surface area contributed by atoms with E-state index in [1.54, 1.807) is 6.92 Å². The van der Waals surface area contributed by atoms with Gasteiger partial charge in [0.2, 0.25) is 0 Å². The van der Waals surface area contributed by atoms with Crippen LogP contribution in [0.3, 0.4) is 0 Å². The van der Waals surface area contributed by atoms with Gasteiger partial charge in [0.1, 0.15) is 5.71 Å². The predicted octanol–water partition coefficient (Wildman–Crippen LogP) is 0.419. The van der Waals surface area contributed by atoms with Gasteiger partial charge in [-0.25, -0.2) is 4.79 Å². The number of oxime groups is 1. The Morgan fingerprint density at radius 2 is 2.27 bits per heavy atom. The first-order chi connectivity index (χ1) is 5.17. The number of carbonyl (C=O) groups is 1. The van der Waals surface area contributed by atoms with Gasteiger partial charge in [-0.05, 0) is 6.42 Å². The topological polar surface area (TPSA) is 82.7 Å². The molecule has 0 bridgehead atoms. The molecule has 0 aromatic carbocycles. The van der Waals surface area contributed by atoms with E-state index in [9.17, 15) is 4.79 Å². The first kappa shape index (κ1) is 9.61. The number of hydrogen-bond acceptors (Lipinski definition) is 5. The van der Waals surface area contributed by atoms with Crippen LogP contribution < -0.4 is 0 Å². The van der Waals surface area contributed by atoms with E-state index in [4.69, 9.17) is 10.6 Å². The maximum Gasteiger partial charge on any atom is 0.357 e. The van der Waals surface area contributed by atoms with Gasteiger partial charge in [-0.15, -0.1) is 0 Å². The van der Waals surface area contributed by atoms with Crippen LogP contribution in [-0.2, 0) is 9.53 Å². The fraction of sp³-hybridized carbons (Fsp3) is 0.500. The molecule has 0 aromatic rings. The van der Waals surface area contributed by atoms with E-state index in [0.29, 0.717) is 6.42 Å². The second-order valence-corrected chi connectivity index (χ2v) is 1.77. The molecule has 0 saturated carbocycles. The first-order valence-corrected chi connectivity index (χ1v) is 3.05. The second kappa shape index (κ2) is 4.43. The molecule has 0 aliphatic rings. The molecule has 11 heavy (non-hydrogen) atoms. The summed E-state index contributed by atoms with van der Waals surface area (Å²) in [6.45, 7) is 1.67. The van der Waals surface area contributed by atoms with Crippen molar-refractivity contribution < 1.29 is 14.7 Å². The van der Waals surface area contributed by atoms with Crippen LogP contribution in [0.1, 0.15) is 13.3 Å². The van der Waals surface area contributed by atoms with E-state index in [-0.39, 0.29) is 5.71 Å². The maximum absolute atomic E-state index is 10.6. The molecule has 5 heteroatoms. The van der Waals surface area contributed by atoms with Crippen molar-refractivity contribution in [1.29, 1.82) is 5.41 Å². The normalized spacial score (nSPS) is 10.9. The average molecular weight is 158 g/mol. The zero-order chi connectivity index (χ0) is 8.85. The fourth-order valence-electron chi connectivity index (χ4n) is 0.517. The Labute approximate surface area is 64.2 Å². The Morgan fingerprint density at radius 1 is 1.73 bits per heavy atom. The van der Waals surface area contributed by atoms with Crippen molar-refractivity contribution in [3.63, 3.8) is 0 Å². The summed E-state index contributed by atoms with van der Waals surface area (Å²) in [6.07, 6.45) is 0.324. The number of carbonyl (C=O) groups excluding carboxylic acids is 1. The number of rotatable bonds is 3. The van der Waals surface area contributed by atoms with Crippen LogP contribution in [0.2, 0.25) is 0 Å². The van der Waals surface area contributed by atoms with E-state index < -0.39 is 11.7 Å². The molecule has 0 spiro atoms. The van der Waals surface area contributed by atoms with Crippen molar-refractivity contribution in [3.8, 4) is 0 Å². The Bertz CT molecular complexity index is 198. The molecule has 0 atom stereocenters. The smallest absolute Gasteiger partial charge is 0.357 e. The van der Waals surface area contributed by atoms with Crippen molar-refractivity contribution in [2.45, 2.75) is 13.3 Å². The largest absolute Gasteiger partial charge is 0.464 e. The summed E-state index contributed by atoms with van der Waals surface area (Å²) >= 11 is 0. The Kier molecular flexibility index (Phi) is 3.87. The van der Waals surface area contributed by atoms with E-state index in [2.05, 4.69) is 9.89 Å². The number of nitrogens with zero attached hydrogens (tertiary/aromatic N) is 1. The molecular formula is C6H10N2O3. The van der Waals surface area contributed by atoms with Crippen LogP contribution in [0.15, 0.2) is 5.16 Å². The summed E-state index contributed by atoms with van der Waals surface area (Å²) in [5.74, 6) is -0.792. The molecule has 0 radical (unpaired) electrons. The van der Waals surface area contributed by atoms with Crippen molar-refractivity contribution in [3.05, 3.63) is 0 Å². The number of ether oxygens (including phenoxy) is 1. The third-order valence-electron chi connectivity index (χ3n) is 1.13. The molecule has 0 unspecified atom stereocenters. The minimum absolute atomic E-state index is 0.0249. The van der Waals surface area contributed by atoms with Gasteiger partial charge >= 0.3 is 5.97 Å². The van der Waals surface area contributed by atoms with Crippen LogP contribution in [-0.4, -0.2) is 29.7 Å². The Morgan fingerprint density at radius 3 is 2.55 bits per heavy atom. The molecule has 2 N–H and O–H groups in total. The zero-order valence-corrected chi connectivity index (χ0v) is 6.42. The van der Waals surface area contributed by atoms with Crippen molar-refractivity contribution in [1.82, 2.24) is 0 Å². The number of methoxy groups -OCH3 is 1. The molecule has 0 aliphatic carbocycles. The lowest BCUT2D eigenvalue weighted by Gasteiger charge is -1.99. The quantitative estimate of drug-likeness (QED) is 0.270. The maximum atomic E-state index is 10.6. The standard InChI is InChI=1S/C6H10N2O3/c1-3-4(8-10)5(7)6(9)11-2/h7,10H,3H2,1-2H3/b7-5?,8-4-. The van der Waals surface area contributed by atoms with Crippen LogP contribution in [0.4, 0.5) is 0 Å². The lowest BCUT2D eigenvalue weighted by atomic mass is 10.2. The summed E-state index contributed by atoms with van der Waals surface area (Å²) in [7, 11) is 1.17. The molecule has 0 saturated heterocycles. The minimum atomic E-state index is -0.792. The molecule has 0 heterocycles. The molecular weight excluding hydrogens is 148 g/mol. The SMILES string of the molecule is CC/C(=N/O)C(=N)C(=O)OC. The molecule has 62 valence electrons. The van der Waals surface area contributed by atoms with Gasteiger partial charge in [0, 0.05) is 0 Å². The summed E-state index contributed by atoms with van der Waals surface area (Å²) in [5, 5.41) is 18.1. The van der Waals surface area contributed by atoms with E-state index in [0.717, 1.165) is 0 Å². The Balaban J connectivity index is 4.35. The summed E-state index contributed by atoms with van der Waals surface area (Å²) in [5.41, 5.74) is -0.380. The van der Waals surface area contributed by atoms with Crippen molar-refractivity contribution in [2.75, 3.05) is 7.11 Å². The molecule has 0 aliphatic heterocycles. The monoisotopic (exact) mass is 158 g/mol. The lowest BCUT2D eigenvalue weighted by Crippen LogP contribution is -2.23. The van der Waals surface area contributed by atoms with Gasteiger partial charge < -0.3 is 9.94 Å². The van der Waals surface area contributed by atoms with Crippen LogP contribution in [0.5, 0.6) is 0 Å². The first-order valence-electron chi connectivity index (χ1n) is 3.05. The van der Waals surface area contributed by atoms with Gasteiger partial charge in [0.25, 0.3) is 0 Å². The van der Waals surface area contributed by atoms with Crippen molar-refractivity contribution in [2.24, 2.45) is 5.16 Å². The molecule has 0 aromatic heterocycles. The van der Waals surface area contributed by atoms with Gasteiger partial charge in [0.15, 0.2) is 5.71 Å². The lowest BCUT2D eigenvalue weighted by molar-refractivity contribution is -0.132. The molecule has 0 rings (SSSR count). The van der Waals surface area contributed by atoms with Crippen LogP contribution in [0.25, 0.3) is 0 Å². The second-order valence-electron chi connectivity index (χ2n) is 1.77. The zero-order valence-electron chi connectivity index (χ0n) is 6.42. The summed E-state index contributed by atoms with van der Waals surface area (Å²) in [6, 6.07) is 0. The van der Waals surface area contributed by atoms with E-state index >= 15 is 0 Å². The molecule has 5 nitrogen and oxygen atoms in total. The highest BCUT2D eigenvalue weighted by Gasteiger charge is 2.14. The average Bonchev–Trinajstić information content (AvgIpc) is 2.05. The van der Waals surface area contributed by atoms with E-state index in [1.807, 2.05) is 0 Å². The molecule has 0 fully saturated rings. The summed E-state index contributed by atoms with van der Waals surface area (Å²) in [4.78, 5) is 10.6. The number of nitrogens with one attached hydrogen (secondary N) is 1. The van der Waals surface area contributed by atoms with Crippen LogP contribution in [0, 0.1) is 5.41 Å². The highest BCUT2D eigenvalue weighted by atomic mass is 16.5. The fourth-order valence-corrected chi connectivity index (χ4v) is 0.517. The molecule has 0 amide bonds. The number of hydrogen-bond donors (Lipinski definition) is 2. The third-order valence-corrected chi connectivity index (χ3v) is 1.13.